The highest BCUT2D eigenvalue weighted by Crippen LogP contribution is 2.10. The van der Waals surface area contributed by atoms with Crippen LogP contribution < -0.4 is 5.73 Å². The zero-order valence-corrected chi connectivity index (χ0v) is 10.5. The minimum absolute atomic E-state index is 0.0131. The lowest BCUT2D eigenvalue weighted by Crippen LogP contribution is -2.35. The summed E-state index contributed by atoms with van der Waals surface area (Å²) in [5.41, 5.74) is 6.81. The van der Waals surface area contributed by atoms with E-state index in [2.05, 4.69) is 0 Å². The summed E-state index contributed by atoms with van der Waals surface area (Å²) in [6.45, 7) is 6.31. The fourth-order valence-corrected chi connectivity index (χ4v) is 1.38. The molecule has 1 heterocycles. The van der Waals surface area contributed by atoms with E-state index in [0.717, 1.165) is 5.56 Å². The van der Waals surface area contributed by atoms with Crippen LogP contribution in [0.5, 0.6) is 0 Å². The fraction of sp³-hybridized carbons (Fsp3) is 0.583. The second-order valence-corrected chi connectivity index (χ2v) is 4.50. The summed E-state index contributed by atoms with van der Waals surface area (Å²) in [5, 5.41) is 0. The van der Waals surface area contributed by atoms with Crippen LogP contribution in [0.1, 0.15) is 32.4 Å². The van der Waals surface area contributed by atoms with Crippen molar-refractivity contribution in [1.82, 2.24) is 9.47 Å². The van der Waals surface area contributed by atoms with Gasteiger partial charge in [-0.05, 0) is 32.4 Å². The van der Waals surface area contributed by atoms with Crippen LogP contribution in [0, 0.1) is 0 Å². The monoisotopic (exact) mass is 223 g/mol. The van der Waals surface area contributed by atoms with Crippen molar-refractivity contribution < 1.29 is 4.79 Å². The van der Waals surface area contributed by atoms with Gasteiger partial charge in [-0.2, -0.15) is 0 Å². The van der Waals surface area contributed by atoms with Crippen LogP contribution in [0.4, 0.5) is 0 Å². The normalized spacial score (nSPS) is 12.9. The average molecular weight is 223 g/mol. The van der Waals surface area contributed by atoms with Gasteiger partial charge >= 0.3 is 0 Å². The summed E-state index contributed by atoms with van der Waals surface area (Å²) >= 11 is 0. The molecule has 0 aromatic carbocycles. The Hall–Kier alpha value is -1.29. The van der Waals surface area contributed by atoms with E-state index in [1.165, 1.54) is 0 Å². The number of likely N-dealkylation sites (N-methyl/N-ethyl adjacent to an activating group) is 1. The molecule has 1 aromatic rings. The Morgan fingerprint density at radius 3 is 2.56 bits per heavy atom. The maximum atomic E-state index is 11.8. The van der Waals surface area contributed by atoms with Crippen molar-refractivity contribution in [3.8, 4) is 0 Å². The smallest absolute Gasteiger partial charge is 0.242 e. The van der Waals surface area contributed by atoms with Gasteiger partial charge in [-0.1, -0.05) is 0 Å². The van der Waals surface area contributed by atoms with Crippen LogP contribution in [0.3, 0.4) is 0 Å². The van der Waals surface area contributed by atoms with Gasteiger partial charge in [0.2, 0.25) is 5.91 Å². The zero-order valence-electron chi connectivity index (χ0n) is 10.5. The molecule has 0 fully saturated rings. The number of hydrogen-bond donors (Lipinski definition) is 1. The number of rotatable bonds is 4. The van der Waals surface area contributed by atoms with Crippen molar-refractivity contribution >= 4 is 5.91 Å². The fourth-order valence-electron chi connectivity index (χ4n) is 1.38. The molecular weight excluding hydrogens is 202 g/mol. The quantitative estimate of drug-likeness (QED) is 0.838. The van der Waals surface area contributed by atoms with Crippen LogP contribution in [0.25, 0.3) is 0 Å². The highest BCUT2D eigenvalue weighted by Gasteiger charge is 2.12. The van der Waals surface area contributed by atoms with Crippen LogP contribution in [-0.2, 0) is 11.3 Å². The summed E-state index contributed by atoms with van der Waals surface area (Å²) in [6, 6.07) is 2.20. The van der Waals surface area contributed by atoms with E-state index in [1.807, 2.05) is 50.8 Å². The third kappa shape index (κ3) is 3.10. The number of amides is 1. The van der Waals surface area contributed by atoms with Gasteiger partial charge in [0.1, 0.15) is 6.54 Å². The van der Waals surface area contributed by atoms with E-state index in [-0.39, 0.29) is 18.0 Å². The van der Waals surface area contributed by atoms with Crippen LogP contribution >= 0.6 is 0 Å². The highest BCUT2D eigenvalue weighted by molar-refractivity contribution is 5.76. The van der Waals surface area contributed by atoms with Gasteiger partial charge in [-0.3, -0.25) is 4.79 Å². The zero-order chi connectivity index (χ0) is 12.3. The largest absolute Gasteiger partial charge is 0.345 e. The molecule has 2 N–H and O–H groups in total. The van der Waals surface area contributed by atoms with Gasteiger partial charge in [0.05, 0.1) is 0 Å². The van der Waals surface area contributed by atoms with E-state index in [9.17, 15) is 4.79 Å². The predicted molar refractivity (Wildman–Crippen MR) is 64.9 cm³/mol. The predicted octanol–water partition coefficient (Wildman–Crippen LogP) is 1.37. The molecule has 0 saturated heterocycles. The van der Waals surface area contributed by atoms with E-state index in [0.29, 0.717) is 6.54 Å². The van der Waals surface area contributed by atoms with Gasteiger partial charge in [-0.15, -0.1) is 0 Å². The standard InChI is InChI=1S/C12H21N3O/c1-9(2)14(4)12(16)8-15-6-5-11(7-15)10(3)13/h5-7,9-10H,8,13H2,1-4H3. The molecule has 0 saturated carbocycles. The maximum Gasteiger partial charge on any atom is 0.242 e. The van der Waals surface area contributed by atoms with E-state index in [4.69, 9.17) is 5.73 Å². The molecule has 0 aliphatic carbocycles. The highest BCUT2D eigenvalue weighted by atomic mass is 16.2. The first-order valence-corrected chi connectivity index (χ1v) is 5.58. The molecule has 1 atom stereocenters. The third-order valence-electron chi connectivity index (χ3n) is 2.78. The summed E-state index contributed by atoms with van der Waals surface area (Å²) in [7, 11) is 1.82. The molecule has 4 nitrogen and oxygen atoms in total. The Bertz CT molecular complexity index is 355. The van der Waals surface area contributed by atoms with Crippen molar-refractivity contribution in [1.29, 1.82) is 0 Å². The minimum Gasteiger partial charge on any atom is -0.345 e. The first-order chi connectivity index (χ1) is 7.41. The molecule has 1 aromatic heterocycles. The minimum atomic E-state index is 0.0131. The second kappa shape index (κ2) is 5.16. The summed E-state index contributed by atoms with van der Waals surface area (Å²) in [6.07, 6.45) is 3.82. The SMILES string of the molecule is CC(N)c1ccn(CC(=O)N(C)C(C)C)c1. The van der Waals surface area contributed by atoms with E-state index >= 15 is 0 Å². The van der Waals surface area contributed by atoms with Gasteiger partial charge < -0.3 is 15.2 Å². The van der Waals surface area contributed by atoms with Gasteiger partial charge in [0.15, 0.2) is 0 Å². The summed E-state index contributed by atoms with van der Waals surface area (Å²) in [4.78, 5) is 13.5. The topological polar surface area (TPSA) is 51.3 Å². The molecule has 16 heavy (non-hydrogen) atoms. The molecule has 0 aliphatic heterocycles. The number of aromatic nitrogens is 1. The van der Waals surface area contributed by atoms with Crippen molar-refractivity contribution in [3.63, 3.8) is 0 Å². The van der Waals surface area contributed by atoms with Crippen molar-refractivity contribution in [2.75, 3.05) is 7.05 Å². The van der Waals surface area contributed by atoms with Crippen molar-refractivity contribution in [2.24, 2.45) is 5.73 Å². The number of carbonyl (C=O) groups excluding carboxylic acids is 1. The molecule has 0 bridgehead atoms. The lowest BCUT2D eigenvalue weighted by Gasteiger charge is -2.21. The number of carbonyl (C=O) groups is 1. The molecule has 90 valence electrons. The third-order valence-corrected chi connectivity index (χ3v) is 2.78. The Morgan fingerprint density at radius 2 is 2.12 bits per heavy atom. The molecule has 0 aliphatic rings. The molecule has 0 radical (unpaired) electrons. The van der Waals surface area contributed by atoms with Crippen LogP contribution in [0.2, 0.25) is 0 Å². The molecule has 1 amide bonds. The summed E-state index contributed by atoms with van der Waals surface area (Å²) < 4.78 is 1.87. The molecule has 1 unspecified atom stereocenters. The number of nitrogens with zero attached hydrogens (tertiary/aromatic N) is 2. The second-order valence-electron chi connectivity index (χ2n) is 4.50. The van der Waals surface area contributed by atoms with Crippen LogP contribution in [-0.4, -0.2) is 28.5 Å². The van der Waals surface area contributed by atoms with Crippen molar-refractivity contribution in [2.45, 2.75) is 39.4 Å². The average Bonchev–Trinajstić information content (AvgIpc) is 2.64. The first kappa shape index (κ1) is 12.8. The maximum absolute atomic E-state index is 11.8. The lowest BCUT2D eigenvalue weighted by atomic mass is 10.2. The van der Waals surface area contributed by atoms with E-state index in [1.54, 1.807) is 4.90 Å². The number of nitrogens with two attached hydrogens (primary N) is 1. The van der Waals surface area contributed by atoms with Gasteiger partial charge in [-0.25, -0.2) is 0 Å². The first-order valence-electron chi connectivity index (χ1n) is 5.58. The number of hydrogen-bond acceptors (Lipinski definition) is 2. The Kier molecular flexibility index (Phi) is 4.12. The van der Waals surface area contributed by atoms with Crippen LogP contribution in [0.15, 0.2) is 18.5 Å². The lowest BCUT2D eigenvalue weighted by molar-refractivity contribution is -0.131. The summed E-state index contributed by atoms with van der Waals surface area (Å²) in [5.74, 6) is 0.113. The van der Waals surface area contributed by atoms with Gasteiger partial charge in [0.25, 0.3) is 0 Å². The Labute approximate surface area is 97.0 Å². The molecule has 4 heteroatoms. The Morgan fingerprint density at radius 1 is 1.50 bits per heavy atom. The molecular formula is C12H21N3O. The van der Waals surface area contributed by atoms with Gasteiger partial charge in [0, 0.05) is 31.5 Å². The van der Waals surface area contributed by atoms with E-state index < -0.39 is 0 Å². The van der Waals surface area contributed by atoms with Crippen molar-refractivity contribution in [3.05, 3.63) is 24.0 Å². The Balaban J connectivity index is 2.63. The molecule has 1 rings (SSSR count). The molecule has 0 spiro atoms.